The quantitative estimate of drug-likeness (QED) is 0.421. The average molecular weight is 483 g/mol. The van der Waals surface area contributed by atoms with E-state index >= 15 is 0 Å². The van der Waals surface area contributed by atoms with Crippen LogP contribution in [0.4, 0.5) is 0 Å². The first kappa shape index (κ1) is 26.4. The Labute approximate surface area is 200 Å². The number of hydrogen-bond donors (Lipinski definition) is 2. The molecule has 3 rings (SSSR count). The highest BCUT2D eigenvalue weighted by molar-refractivity contribution is 5.81. The summed E-state index contributed by atoms with van der Waals surface area (Å²) in [5, 5.41) is 6.41. The maximum atomic E-state index is 12.6. The molecule has 3 fully saturated rings. The highest BCUT2D eigenvalue weighted by Crippen LogP contribution is 2.31. The van der Waals surface area contributed by atoms with Crippen LogP contribution in [0.3, 0.4) is 0 Å². The van der Waals surface area contributed by atoms with Crippen LogP contribution >= 0.6 is 0 Å². The Hall–Kier alpha value is -2.20. The molecule has 3 aliphatic rings. The first-order valence-electron chi connectivity index (χ1n) is 11.9. The van der Waals surface area contributed by atoms with Crippen LogP contribution in [0.2, 0.25) is 0 Å². The highest BCUT2D eigenvalue weighted by atomic mass is 16.6. The number of rotatable bonds is 6. The van der Waals surface area contributed by atoms with Gasteiger partial charge in [-0.1, -0.05) is 0 Å². The fourth-order valence-corrected chi connectivity index (χ4v) is 4.91. The molecule has 0 radical (unpaired) electrons. The minimum absolute atomic E-state index is 0.0943. The molecule has 0 aromatic rings. The van der Waals surface area contributed by atoms with E-state index < -0.39 is 22.2 Å². The molecule has 1 saturated carbocycles. The van der Waals surface area contributed by atoms with Gasteiger partial charge in [-0.25, -0.2) is 0 Å². The molecule has 34 heavy (non-hydrogen) atoms. The molecule has 2 N–H and O–H groups in total. The topological polar surface area (TPSA) is 129 Å². The van der Waals surface area contributed by atoms with E-state index in [0.717, 1.165) is 0 Å². The van der Waals surface area contributed by atoms with Gasteiger partial charge in [0.1, 0.15) is 37.5 Å². The van der Waals surface area contributed by atoms with Gasteiger partial charge >= 0.3 is 23.9 Å². The molecule has 192 valence electrons. The normalized spacial score (nSPS) is 35.0. The van der Waals surface area contributed by atoms with E-state index in [0.29, 0.717) is 25.7 Å². The van der Waals surface area contributed by atoms with E-state index in [1.165, 1.54) is 0 Å². The lowest BCUT2D eigenvalue weighted by atomic mass is 9.82. The van der Waals surface area contributed by atoms with Crippen molar-refractivity contribution in [1.82, 2.24) is 10.6 Å². The molecule has 10 heteroatoms. The number of ether oxygens (including phenoxy) is 4. The monoisotopic (exact) mass is 482 g/mol. The lowest BCUT2D eigenvalue weighted by Crippen LogP contribution is -2.66. The van der Waals surface area contributed by atoms with Crippen LogP contribution in [0.1, 0.15) is 67.2 Å². The van der Waals surface area contributed by atoms with Crippen molar-refractivity contribution in [2.75, 3.05) is 26.4 Å². The second-order valence-electron chi connectivity index (χ2n) is 11.5. The van der Waals surface area contributed by atoms with Crippen LogP contribution in [0.5, 0.6) is 0 Å². The molecular weight excluding hydrogens is 444 g/mol. The Balaban J connectivity index is 1.41. The Morgan fingerprint density at radius 3 is 1.35 bits per heavy atom. The predicted molar refractivity (Wildman–Crippen MR) is 121 cm³/mol. The first-order valence-corrected chi connectivity index (χ1v) is 11.9. The number of hydrogen-bond acceptors (Lipinski definition) is 10. The number of cyclic esters (lactones) is 2. The van der Waals surface area contributed by atoms with Crippen molar-refractivity contribution < 1.29 is 38.1 Å². The summed E-state index contributed by atoms with van der Waals surface area (Å²) in [6, 6.07) is 0. The molecule has 10 nitrogen and oxygen atoms in total. The van der Waals surface area contributed by atoms with Crippen LogP contribution in [0.15, 0.2) is 0 Å². The fraction of sp³-hybridized carbons (Fsp3) is 0.833. The van der Waals surface area contributed by atoms with Gasteiger partial charge in [0.25, 0.3) is 0 Å². The molecule has 2 heterocycles. The lowest BCUT2D eigenvalue weighted by molar-refractivity contribution is -0.169. The first-order chi connectivity index (χ1) is 15.6. The van der Waals surface area contributed by atoms with Crippen molar-refractivity contribution in [1.29, 1.82) is 0 Å². The SMILES string of the molecule is CC1(COC(=O)C2CCC(C(=O)OCC3(C)COC(=O)C(C)(C)N3)CC2)COC(=O)C(C)(C)N1. The minimum atomic E-state index is -0.848. The summed E-state index contributed by atoms with van der Waals surface area (Å²) in [6.07, 6.45) is 2.18. The Morgan fingerprint density at radius 1 is 0.735 bits per heavy atom. The molecule has 0 spiro atoms. The summed E-state index contributed by atoms with van der Waals surface area (Å²) < 4.78 is 21.6. The predicted octanol–water partition coefficient (Wildman–Crippen LogP) is 1.25. The summed E-state index contributed by atoms with van der Waals surface area (Å²) in [5.74, 6) is -1.81. The molecule has 2 atom stereocenters. The number of carbonyl (C=O) groups excluding carboxylic acids is 4. The van der Waals surface area contributed by atoms with E-state index in [2.05, 4.69) is 10.6 Å². The molecular formula is C24H38N2O8. The Kier molecular flexibility index (Phi) is 7.34. The third-order valence-corrected chi connectivity index (χ3v) is 6.75. The van der Waals surface area contributed by atoms with Crippen molar-refractivity contribution in [3.63, 3.8) is 0 Å². The molecule has 2 aliphatic heterocycles. The van der Waals surface area contributed by atoms with Gasteiger partial charge in [0.2, 0.25) is 0 Å². The summed E-state index contributed by atoms with van der Waals surface area (Å²) in [5.41, 5.74) is -3.00. The zero-order valence-electron chi connectivity index (χ0n) is 21.1. The van der Waals surface area contributed by atoms with Crippen LogP contribution in [-0.2, 0) is 38.1 Å². The fourth-order valence-electron chi connectivity index (χ4n) is 4.91. The van der Waals surface area contributed by atoms with Gasteiger partial charge in [0, 0.05) is 0 Å². The van der Waals surface area contributed by atoms with E-state index in [9.17, 15) is 19.2 Å². The third kappa shape index (κ3) is 6.07. The largest absolute Gasteiger partial charge is 0.463 e. The van der Waals surface area contributed by atoms with Crippen LogP contribution in [-0.4, -0.2) is 72.5 Å². The lowest BCUT2D eigenvalue weighted by Gasteiger charge is -2.42. The molecule has 0 aromatic heterocycles. The van der Waals surface area contributed by atoms with E-state index in [1.54, 1.807) is 27.7 Å². The molecule has 0 aromatic carbocycles. The van der Waals surface area contributed by atoms with Gasteiger partial charge in [-0.3, -0.25) is 29.8 Å². The average Bonchev–Trinajstić information content (AvgIpc) is 2.76. The summed E-state index contributed by atoms with van der Waals surface area (Å²) >= 11 is 0. The summed E-state index contributed by atoms with van der Waals surface area (Å²) in [7, 11) is 0. The molecule has 2 saturated heterocycles. The van der Waals surface area contributed by atoms with Crippen molar-refractivity contribution in [3.8, 4) is 0 Å². The number of morpholine rings is 2. The zero-order valence-corrected chi connectivity index (χ0v) is 21.1. The zero-order chi connectivity index (χ0) is 25.4. The summed E-state index contributed by atoms with van der Waals surface area (Å²) in [4.78, 5) is 48.9. The van der Waals surface area contributed by atoms with Gasteiger partial charge in [0.05, 0.1) is 22.9 Å². The second kappa shape index (κ2) is 9.45. The van der Waals surface area contributed by atoms with Crippen molar-refractivity contribution in [2.24, 2.45) is 11.8 Å². The Bertz CT molecular complexity index is 765. The second-order valence-corrected chi connectivity index (χ2v) is 11.5. The van der Waals surface area contributed by atoms with E-state index in [1.807, 2.05) is 13.8 Å². The summed E-state index contributed by atoms with van der Waals surface area (Å²) in [6.45, 7) is 11.1. The van der Waals surface area contributed by atoms with Gasteiger partial charge in [-0.2, -0.15) is 0 Å². The Morgan fingerprint density at radius 2 is 1.06 bits per heavy atom. The number of nitrogens with one attached hydrogen (secondary N) is 2. The highest BCUT2D eigenvalue weighted by Gasteiger charge is 2.45. The molecule has 0 amide bonds. The van der Waals surface area contributed by atoms with Gasteiger partial charge < -0.3 is 18.9 Å². The molecule has 0 bridgehead atoms. The van der Waals surface area contributed by atoms with Gasteiger partial charge in [-0.05, 0) is 67.2 Å². The van der Waals surface area contributed by atoms with Gasteiger partial charge in [-0.15, -0.1) is 0 Å². The number of esters is 4. The van der Waals surface area contributed by atoms with E-state index in [4.69, 9.17) is 18.9 Å². The van der Waals surface area contributed by atoms with Crippen LogP contribution in [0.25, 0.3) is 0 Å². The number of carbonyl (C=O) groups is 4. The molecule has 2 unspecified atom stereocenters. The third-order valence-electron chi connectivity index (χ3n) is 6.75. The van der Waals surface area contributed by atoms with Gasteiger partial charge in [0.15, 0.2) is 0 Å². The van der Waals surface area contributed by atoms with Crippen molar-refractivity contribution in [2.45, 2.75) is 89.4 Å². The maximum Gasteiger partial charge on any atom is 0.325 e. The van der Waals surface area contributed by atoms with Crippen molar-refractivity contribution >= 4 is 23.9 Å². The maximum absolute atomic E-state index is 12.6. The van der Waals surface area contributed by atoms with Crippen molar-refractivity contribution in [3.05, 3.63) is 0 Å². The smallest absolute Gasteiger partial charge is 0.325 e. The standard InChI is InChI=1S/C24H38N2O8/c1-21(2)19(29)33-13-23(5,25-21)11-31-17(27)15-7-9-16(10-8-15)18(28)32-12-24(6)14-34-20(30)22(3,4)26-24/h15-16,25-26H,7-14H2,1-6H3. The molecule has 1 aliphatic carbocycles. The van der Waals surface area contributed by atoms with Crippen LogP contribution < -0.4 is 10.6 Å². The minimum Gasteiger partial charge on any atom is -0.463 e. The van der Waals surface area contributed by atoms with Crippen LogP contribution in [0, 0.1) is 11.8 Å². The van der Waals surface area contributed by atoms with E-state index in [-0.39, 0.29) is 62.1 Å².